The molecule has 0 bridgehead atoms. The topological polar surface area (TPSA) is 30.0 Å². The largest absolute Gasteiger partial charge is 0.286 e. The second kappa shape index (κ2) is 5.80. The summed E-state index contributed by atoms with van der Waals surface area (Å²) in [5.74, 6) is -0.0380. The van der Waals surface area contributed by atoms with Crippen LogP contribution in [0.2, 0.25) is 5.02 Å². The molecule has 104 valence electrons. The number of ketones is 1. The number of hydrogen-bond acceptors (Lipinski definition) is 3. The molecule has 0 saturated heterocycles. The van der Waals surface area contributed by atoms with Gasteiger partial charge in [-0.1, -0.05) is 54.1 Å². The number of thiazole rings is 1. The Morgan fingerprint density at radius 3 is 2.38 bits per heavy atom. The number of aryl methyl sites for hydroxylation is 1. The maximum atomic E-state index is 12.4. The molecular weight excluding hydrogens is 302 g/mol. The number of nitrogens with zero attached hydrogens (tertiary/aromatic N) is 1. The number of halogens is 1. The number of carbonyl (C=O) groups is 1. The molecule has 0 saturated carbocycles. The van der Waals surface area contributed by atoms with Crippen LogP contribution in [0, 0.1) is 6.92 Å². The van der Waals surface area contributed by atoms with Gasteiger partial charge in [-0.05, 0) is 24.6 Å². The van der Waals surface area contributed by atoms with Gasteiger partial charge in [0.05, 0.1) is 10.6 Å². The standard InChI is InChI=1S/C17H12ClNOS/c1-11-16(13-7-9-14(18)10-8-13)21-17(19-11)15(20)12-5-3-2-4-6-12/h2-10H,1H3. The van der Waals surface area contributed by atoms with Crippen LogP contribution in [-0.4, -0.2) is 10.8 Å². The third-order valence-corrected chi connectivity index (χ3v) is 4.59. The molecular formula is C17H12ClNOS. The van der Waals surface area contributed by atoms with Gasteiger partial charge < -0.3 is 0 Å². The van der Waals surface area contributed by atoms with E-state index < -0.39 is 0 Å². The Morgan fingerprint density at radius 1 is 1.05 bits per heavy atom. The molecule has 0 aliphatic heterocycles. The zero-order valence-corrected chi connectivity index (χ0v) is 12.9. The fourth-order valence-corrected chi connectivity index (χ4v) is 3.24. The van der Waals surface area contributed by atoms with E-state index >= 15 is 0 Å². The van der Waals surface area contributed by atoms with Crippen molar-refractivity contribution in [1.29, 1.82) is 0 Å². The lowest BCUT2D eigenvalue weighted by molar-refractivity contribution is 0.103. The predicted molar refractivity (Wildman–Crippen MR) is 87.2 cm³/mol. The van der Waals surface area contributed by atoms with Crippen molar-refractivity contribution in [2.45, 2.75) is 6.92 Å². The normalized spacial score (nSPS) is 10.6. The smallest absolute Gasteiger partial charge is 0.221 e. The fourth-order valence-electron chi connectivity index (χ4n) is 2.08. The highest BCUT2D eigenvalue weighted by Gasteiger charge is 2.16. The number of hydrogen-bond donors (Lipinski definition) is 0. The van der Waals surface area contributed by atoms with Crippen molar-refractivity contribution in [3.63, 3.8) is 0 Å². The van der Waals surface area contributed by atoms with E-state index in [4.69, 9.17) is 11.6 Å². The van der Waals surface area contributed by atoms with Gasteiger partial charge in [0.25, 0.3) is 0 Å². The van der Waals surface area contributed by atoms with Gasteiger partial charge in [-0.2, -0.15) is 0 Å². The average molecular weight is 314 g/mol. The molecule has 0 aliphatic carbocycles. The van der Waals surface area contributed by atoms with Gasteiger partial charge in [0.2, 0.25) is 5.78 Å². The first kappa shape index (κ1) is 14.0. The summed E-state index contributed by atoms with van der Waals surface area (Å²) in [5, 5.41) is 1.21. The van der Waals surface area contributed by atoms with Gasteiger partial charge in [0, 0.05) is 10.6 Å². The Hall–Kier alpha value is -1.97. The molecule has 21 heavy (non-hydrogen) atoms. The summed E-state index contributed by atoms with van der Waals surface area (Å²) in [4.78, 5) is 17.9. The molecule has 0 radical (unpaired) electrons. The summed E-state index contributed by atoms with van der Waals surface area (Å²) in [5.41, 5.74) is 2.55. The monoisotopic (exact) mass is 313 g/mol. The first-order chi connectivity index (χ1) is 10.1. The summed E-state index contributed by atoms with van der Waals surface area (Å²) in [6.45, 7) is 1.92. The lowest BCUT2D eigenvalue weighted by atomic mass is 10.1. The summed E-state index contributed by atoms with van der Waals surface area (Å²) in [6.07, 6.45) is 0. The van der Waals surface area contributed by atoms with Gasteiger partial charge in [-0.3, -0.25) is 4.79 Å². The van der Waals surface area contributed by atoms with Crippen LogP contribution in [0.15, 0.2) is 54.6 Å². The number of benzene rings is 2. The van der Waals surface area contributed by atoms with Crippen molar-refractivity contribution in [2.75, 3.05) is 0 Å². The van der Waals surface area contributed by atoms with E-state index in [-0.39, 0.29) is 5.78 Å². The van der Waals surface area contributed by atoms with Gasteiger partial charge in [0.1, 0.15) is 0 Å². The minimum Gasteiger partial charge on any atom is -0.286 e. The highest BCUT2D eigenvalue weighted by Crippen LogP contribution is 2.31. The van der Waals surface area contributed by atoms with Crippen LogP contribution < -0.4 is 0 Å². The van der Waals surface area contributed by atoms with Crippen molar-refractivity contribution >= 4 is 28.7 Å². The molecule has 0 aliphatic rings. The predicted octanol–water partition coefficient (Wildman–Crippen LogP) is 5.00. The second-order valence-corrected chi connectivity index (χ2v) is 6.07. The summed E-state index contributed by atoms with van der Waals surface area (Å²) in [6, 6.07) is 16.8. The molecule has 3 aromatic rings. The Kier molecular flexibility index (Phi) is 3.86. The molecule has 0 amide bonds. The molecule has 1 aromatic heterocycles. The lowest BCUT2D eigenvalue weighted by Gasteiger charge is -1.98. The van der Waals surface area contributed by atoms with Crippen molar-refractivity contribution in [3.05, 3.63) is 75.9 Å². The number of aromatic nitrogens is 1. The average Bonchev–Trinajstić information content (AvgIpc) is 2.90. The second-order valence-electron chi connectivity index (χ2n) is 4.64. The Labute approximate surface area is 132 Å². The minimum atomic E-state index is -0.0380. The van der Waals surface area contributed by atoms with Crippen LogP contribution in [0.3, 0.4) is 0 Å². The van der Waals surface area contributed by atoms with Gasteiger partial charge in [0.15, 0.2) is 5.01 Å². The van der Waals surface area contributed by atoms with E-state index in [0.29, 0.717) is 15.6 Å². The van der Waals surface area contributed by atoms with Crippen LogP contribution in [0.25, 0.3) is 10.4 Å². The maximum Gasteiger partial charge on any atom is 0.221 e. The van der Waals surface area contributed by atoms with Crippen molar-refractivity contribution < 1.29 is 4.79 Å². The molecule has 0 fully saturated rings. The van der Waals surface area contributed by atoms with Gasteiger partial charge in [-0.25, -0.2) is 4.98 Å². The van der Waals surface area contributed by atoms with E-state index in [1.165, 1.54) is 11.3 Å². The summed E-state index contributed by atoms with van der Waals surface area (Å²) in [7, 11) is 0. The Balaban J connectivity index is 1.98. The van der Waals surface area contributed by atoms with Crippen LogP contribution >= 0.6 is 22.9 Å². The molecule has 0 spiro atoms. The summed E-state index contributed by atoms with van der Waals surface area (Å²) < 4.78 is 0. The van der Waals surface area contributed by atoms with E-state index in [2.05, 4.69) is 4.98 Å². The Morgan fingerprint density at radius 2 is 1.71 bits per heavy atom. The Bertz CT molecular complexity index is 778. The molecule has 4 heteroatoms. The van der Waals surface area contributed by atoms with Crippen LogP contribution in [0.4, 0.5) is 0 Å². The first-order valence-corrected chi connectivity index (χ1v) is 7.68. The summed E-state index contributed by atoms with van der Waals surface area (Å²) >= 11 is 7.33. The van der Waals surface area contributed by atoms with Crippen molar-refractivity contribution in [1.82, 2.24) is 4.98 Å². The van der Waals surface area contributed by atoms with E-state index in [0.717, 1.165) is 16.1 Å². The molecule has 0 N–H and O–H groups in total. The minimum absolute atomic E-state index is 0.0380. The van der Waals surface area contributed by atoms with E-state index in [9.17, 15) is 4.79 Å². The first-order valence-electron chi connectivity index (χ1n) is 6.48. The van der Waals surface area contributed by atoms with Crippen LogP contribution in [-0.2, 0) is 0 Å². The third-order valence-electron chi connectivity index (χ3n) is 3.13. The van der Waals surface area contributed by atoms with E-state index in [1.807, 2.05) is 49.4 Å². The number of carbonyl (C=O) groups excluding carboxylic acids is 1. The zero-order chi connectivity index (χ0) is 14.8. The SMILES string of the molecule is Cc1nc(C(=O)c2ccccc2)sc1-c1ccc(Cl)cc1. The highest BCUT2D eigenvalue weighted by atomic mass is 35.5. The molecule has 3 rings (SSSR count). The highest BCUT2D eigenvalue weighted by molar-refractivity contribution is 7.17. The van der Waals surface area contributed by atoms with E-state index in [1.54, 1.807) is 12.1 Å². The third kappa shape index (κ3) is 2.89. The lowest BCUT2D eigenvalue weighted by Crippen LogP contribution is -1.99. The van der Waals surface area contributed by atoms with Crippen LogP contribution in [0.1, 0.15) is 21.1 Å². The van der Waals surface area contributed by atoms with Crippen molar-refractivity contribution in [2.24, 2.45) is 0 Å². The zero-order valence-electron chi connectivity index (χ0n) is 11.3. The molecule has 0 atom stereocenters. The molecule has 2 nitrogen and oxygen atoms in total. The molecule has 2 aromatic carbocycles. The van der Waals surface area contributed by atoms with Gasteiger partial charge >= 0.3 is 0 Å². The van der Waals surface area contributed by atoms with Crippen molar-refractivity contribution in [3.8, 4) is 10.4 Å². The van der Waals surface area contributed by atoms with Gasteiger partial charge in [-0.15, -0.1) is 11.3 Å². The maximum absolute atomic E-state index is 12.4. The number of rotatable bonds is 3. The van der Waals surface area contributed by atoms with Crippen LogP contribution in [0.5, 0.6) is 0 Å². The quantitative estimate of drug-likeness (QED) is 0.637. The molecule has 0 unspecified atom stereocenters. The molecule has 1 heterocycles. The fraction of sp³-hybridized carbons (Fsp3) is 0.0588.